The highest BCUT2D eigenvalue weighted by molar-refractivity contribution is 7.10. The van der Waals surface area contributed by atoms with Crippen molar-refractivity contribution >= 4 is 34.2 Å². The van der Waals surface area contributed by atoms with Crippen LogP contribution in [0.25, 0.3) is 11.0 Å². The molecule has 1 amide bonds. The summed E-state index contributed by atoms with van der Waals surface area (Å²) < 4.78 is 45.9. The zero-order chi connectivity index (χ0) is 23.4. The number of para-hydroxylation sites is 2. The summed E-state index contributed by atoms with van der Waals surface area (Å²) in [6, 6.07) is 18.5. The molecule has 0 aliphatic rings. The van der Waals surface area contributed by atoms with Crippen molar-refractivity contribution in [3.05, 3.63) is 88.4 Å². The number of carbonyl (C=O) groups is 2. The largest absolute Gasteiger partial charge is 0.454 e. The number of amides is 1. The molecule has 33 heavy (non-hydrogen) atoms. The zero-order valence-corrected chi connectivity index (χ0v) is 17.9. The molecule has 0 aliphatic carbocycles. The Morgan fingerprint density at radius 1 is 1.03 bits per heavy atom. The fourth-order valence-corrected chi connectivity index (χ4v) is 4.20. The van der Waals surface area contributed by atoms with Gasteiger partial charge in [-0.3, -0.25) is 9.59 Å². The number of fused-ring (bicyclic) bond motifs is 1. The summed E-state index contributed by atoms with van der Waals surface area (Å²) in [5.41, 5.74) is 1.10. The van der Waals surface area contributed by atoms with E-state index in [-0.39, 0.29) is 11.0 Å². The molecule has 1 atom stereocenters. The van der Waals surface area contributed by atoms with Crippen molar-refractivity contribution in [2.24, 2.45) is 0 Å². The van der Waals surface area contributed by atoms with Crippen LogP contribution in [-0.2, 0) is 27.0 Å². The number of esters is 1. The number of hydrogen-bond donors (Lipinski definition) is 1. The van der Waals surface area contributed by atoms with Gasteiger partial charge in [0.2, 0.25) is 5.82 Å². The van der Waals surface area contributed by atoms with Gasteiger partial charge in [-0.15, -0.1) is 11.3 Å². The number of ether oxygens (including phenoxy) is 1. The molecule has 6 nitrogen and oxygen atoms in total. The van der Waals surface area contributed by atoms with Crippen molar-refractivity contribution in [1.82, 2.24) is 14.9 Å². The van der Waals surface area contributed by atoms with Crippen molar-refractivity contribution in [3.8, 4) is 0 Å². The number of nitrogens with zero attached hydrogens (tertiary/aromatic N) is 2. The first kappa shape index (κ1) is 22.5. The average Bonchev–Trinajstić information content (AvgIpc) is 3.45. The third-order valence-electron chi connectivity index (χ3n) is 4.83. The second kappa shape index (κ2) is 9.45. The normalized spacial score (nSPS) is 12.5. The maximum atomic E-state index is 13.4. The molecule has 2 aromatic carbocycles. The minimum absolute atomic E-state index is 0.108. The topological polar surface area (TPSA) is 73.2 Å². The van der Waals surface area contributed by atoms with Crippen LogP contribution in [0.4, 0.5) is 13.2 Å². The number of nitrogens with one attached hydrogen (secondary N) is 1. The first-order valence-electron chi connectivity index (χ1n) is 9.88. The van der Waals surface area contributed by atoms with Crippen LogP contribution in [0.2, 0.25) is 0 Å². The van der Waals surface area contributed by atoms with E-state index >= 15 is 0 Å². The first-order valence-corrected chi connectivity index (χ1v) is 10.8. The Balaban J connectivity index is 1.44. The summed E-state index contributed by atoms with van der Waals surface area (Å²) in [6.45, 7) is -1.35. The predicted octanol–water partition coefficient (Wildman–Crippen LogP) is 4.57. The number of thiophene rings is 1. The highest BCUT2D eigenvalue weighted by atomic mass is 32.1. The Morgan fingerprint density at radius 3 is 2.45 bits per heavy atom. The van der Waals surface area contributed by atoms with E-state index in [0.717, 1.165) is 15.0 Å². The summed E-state index contributed by atoms with van der Waals surface area (Å²) in [5.74, 6) is -2.75. The number of aromatic nitrogens is 2. The van der Waals surface area contributed by atoms with Crippen LogP contribution in [0.15, 0.2) is 72.1 Å². The number of carbonyl (C=O) groups excluding carboxylic acids is 2. The SMILES string of the molecule is O=C(COC(=O)Cn1c(C(F)(F)F)nc2ccccc21)NC(c1ccccc1)c1cccs1. The highest BCUT2D eigenvalue weighted by Gasteiger charge is 2.38. The van der Waals surface area contributed by atoms with E-state index in [1.54, 1.807) is 12.1 Å². The lowest BCUT2D eigenvalue weighted by molar-refractivity contribution is -0.153. The minimum atomic E-state index is -4.75. The van der Waals surface area contributed by atoms with E-state index in [4.69, 9.17) is 4.74 Å². The molecule has 0 saturated carbocycles. The minimum Gasteiger partial charge on any atom is -0.454 e. The first-order chi connectivity index (χ1) is 15.8. The van der Waals surface area contributed by atoms with E-state index in [9.17, 15) is 22.8 Å². The van der Waals surface area contributed by atoms with Gasteiger partial charge in [0.25, 0.3) is 5.91 Å². The molecule has 0 spiro atoms. The Kier molecular flexibility index (Phi) is 6.45. The van der Waals surface area contributed by atoms with Gasteiger partial charge in [0.1, 0.15) is 6.54 Å². The van der Waals surface area contributed by atoms with Crippen molar-refractivity contribution < 1.29 is 27.5 Å². The lowest BCUT2D eigenvalue weighted by Gasteiger charge is -2.18. The standard InChI is InChI=1S/C23H18F3N3O3S/c24-23(25,26)22-27-16-9-4-5-10-17(16)29(22)13-20(31)32-14-19(30)28-21(18-11-6-12-33-18)15-7-2-1-3-8-15/h1-12,21H,13-14H2,(H,28,30). The predicted molar refractivity (Wildman–Crippen MR) is 116 cm³/mol. The zero-order valence-electron chi connectivity index (χ0n) is 17.1. The molecular formula is C23H18F3N3O3S. The average molecular weight is 473 g/mol. The monoisotopic (exact) mass is 473 g/mol. The summed E-state index contributed by atoms with van der Waals surface area (Å²) >= 11 is 1.46. The molecule has 0 bridgehead atoms. The maximum absolute atomic E-state index is 13.4. The number of alkyl halides is 3. The van der Waals surface area contributed by atoms with Gasteiger partial charge in [-0.05, 0) is 29.1 Å². The van der Waals surface area contributed by atoms with Crippen LogP contribution < -0.4 is 5.32 Å². The molecule has 10 heteroatoms. The van der Waals surface area contributed by atoms with Crippen molar-refractivity contribution in [2.45, 2.75) is 18.8 Å². The van der Waals surface area contributed by atoms with Crippen LogP contribution >= 0.6 is 11.3 Å². The van der Waals surface area contributed by atoms with E-state index < -0.39 is 43.1 Å². The second-order valence-electron chi connectivity index (χ2n) is 7.10. The molecule has 0 fully saturated rings. The lowest BCUT2D eigenvalue weighted by Crippen LogP contribution is -2.33. The van der Waals surface area contributed by atoms with Crippen LogP contribution in [0.3, 0.4) is 0 Å². The Bertz CT molecular complexity index is 1250. The maximum Gasteiger partial charge on any atom is 0.449 e. The second-order valence-corrected chi connectivity index (χ2v) is 8.07. The molecule has 4 aromatic rings. The number of benzene rings is 2. The Hall–Kier alpha value is -3.66. The van der Waals surface area contributed by atoms with E-state index in [1.807, 2.05) is 47.8 Å². The molecule has 1 unspecified atom stereocenters. The van der Waals surface area contributed by atoms with Crippen molar-refractivity contribution in [3.63, 3.8) is 0 Å². The quantitative estimate of drug-likeness (QED) is 0.399. The van der Waals surface area contributed by atoms with E-state index in [1.165, 1.54) is 23.5 Å². The summed E-state index contributed by atoms with van der Waals surface area (Å²) in [7, 11) is 0. The van der Waals surface area contributed by atoms with Crippen molar-refractivity contribution in [1.29, 1.82) is 0 Å². The van der Waals surface area contributed by atoms with Gasteiger partial charge in [-0.25, -0.2) is 4.98 Å². The molecular weight excluding hydrogens is 455 g/mol. The van der Waals surface area contributed by atoms with Crippen LogP contribution in [-0.4, -0.2) is 28.0 Å². The van der Waals surface area contributed by atoms with Gasteiger partial charge in [0.15, 0.2) is 6.61 Å². The lowest BCUT2D eigenvalue weighted by atomic mass is 10.1. The summed E-state index contributed by atoms with van der Waals surface area (Å²) in [6.07, 6.45) is -4.75. The fraction of sp³-hybridized carbons (Fsp3) is 0.174. The summed E-state index contributed by atoms with van der Waals surface area (Å²) in [4.78, 5) is 29.3. The number of hydrogen-bond acceptors (Lipinski definition) is 5. The van der Waals surface area contributed by atoms with Gasteiger partial charge in [0, 0.05) is 4.88 Å². The van der Waals surface area contributed by atoms with Crippen LogP contribution in [0, 0.1) is 0 Å². The number of halogens is 3. The summed E-state index contributed by atoms with van der Waals surface area (Å²) in [5, 5.41) is 4.69. The van der Waals surface area contributed by atoms with E-state index in [2.05, 4.69) is 10.3 Å². The van der Waals surface area contributed by atoms with Gasteiger partial charge in [-0.2, -0.15) is 13.2 Å². The van der Waals surface area contributed by atoms with Crippen molar-refractivity contribution in [2.75, 3.05) is 6.61 Å². The van der Waals surface area contributed by atoms with Crippen LogP contribution in [0.1, 0.15) is 22.3 Å². The molecule has 0 aliphatic heterocycles. The molecule has 170 valence electrons. The third kappa shape index (κ3) is 5.23. The highest BCUT2D eigenvalue weighted by Crippen LogP contribution is 2.31. The fourth-order valence-electron chi connectivity index (χ4n) is 3.40. The van der Waals surface area contributed by atoms with E-state index in [0.29, 0.717) is 0 Å². The smallest absolute Gasteiger partial charge is 0.449 e. The molecule has 0 saturated heterocycles. The van der Waals surface area contributed by atoms with Gasteiger partial charge in [-0.1, -0.05) is 48.5 Å². The molecule has 2 heterocycles. The third-order valence-corrected chi connectivity index (χ3v) is 5.76. The number of imidazole rings is 1. The Morgan fingerprint density at radius 2 is 1.76 bits per heavy atom. The Labute approximate surface area is 190 Å². The van der Waals surface area contributed by atoms with Gasteiger partial charge >= 0.3 is 12.1 Å². The van der Waals surface area contributed by atoms with Gasteiger partial charge < -0.3 is 14.6 Å². The molecule has 2 aromatic heterocycles. The van der Waals surface area contributed by atoms with Crippen LogP contribution in [0.5, 0.6) is 0 Å². The molecule has 4 rings (SSSR count). The molecule has 0 radical (unpaired) electrons. The van der Waals surface area contributed by atoms with Gasteiger partial charge in [0.05, 0.1) is 17.1 Å². The molecule has 1 N–H and O–H groups in total. The number of rotatable bonds is 7.